The first-order valence-corrected chi connectivity index (χ1v) is 7.03. The van der Waals surface area contributed by atoms with E-state index in [4.69, 9.17) is 9.47 Å². The van der Waals surface area contributed by atoms with E-state index in [1.165, 1.54) is 11.1 Å². The lowest BCUT2D eigenvalue weighted by Gasteiger charge is -2.24. The largest absolute Gasteiger partial charge is 0.496 e. The second-order valence-electron chi connectivity index (χ2n) is 5.03. The lowest BCUT2D eigenvalue weighted by atomic mass is 9.98. The first-order chi connectivity index (χ1) is 9.12. The van der Waals surface area contributed by atoms with Gasteiger partial charge in [-0.1, -0.05) is 24.6 Å². The number of benzene rings is 1. The van der Waals surface area contributed by atoms with Crippen molar-refractivity contribution >= 4 is 0 Å². The van der Waals surface area contributed by atoms with Crippen LogP contribution in [0.3, 0.4) is 0 Å². The van der Waals surface area contributed by atoms with E-state index in [2.05, 4.69) is 38.2 Å². The van der Waals surface area contributed by atoms with Gasteiger partial charge < -0.3 is 14.8 Å². The third-order valence-corrected chi connectivity index (χ3v) is 3.37. The molecule has 0 amide bonds. The summed E-state index contributed by atoms with van der Waals surface area (Å²) in [4.78, 5) is 0. The van der Waals surface area contributed by atoms with E-state index < -0.39 is 0 Å². The molecule has 0 aliphatic rings. The molecule has 0 heterocycles. The summed E-state index contributed by atoms with van der Waals surface area (Å²) in [6.45, 7) is 7.39. The van der Waals surface area contributed by atoms with E-state index in [1.807, 2.05) is 6.07 Å². The molecular weight excluding hydrogens is 238 g/mol. The highest BCUT2D eigenvalue weighted by Gasteiger charge is 2.18. The third-order valence-electron chi connectivity index (χ3n) is 3.37. The topological polar surface area (TPSA) is 30.5 Å². The van der Waals surface area contributed by atoms with Crippen LogP contribution in [0.1, 0.15) is 43.9 Å². The van der Waals surface area contributed by atoms with Crippen molar-refractivity contribution in [3.8, 4) is 5.75 Å². The van der Waals surface area contributed by atoms with Gasteiger partial charge in [-0.2, -0.15) is 0 Å². The summed E-state index contributed by atoms with van der Waals surface area (Å²) in [6.07, 6.45) is 2.28. The van der Waals surface area contributed by atoms with Gasteiger partial charge in [-0.25, -0.2) is 0 Å². The Morgan fingerprint density at radius 2 is 2.00 bits per heavy atom. The zero-order valence-corrected chi connectivity index (χ0v) is 12.8. The smallest absolute Gasteiger partial charge is 0.123 e. The zero-order valence-electron chi connectivity index (χ0n) is 12.8. The molecule has 0 fully saturated rings. The molecule has 0 aromatic heterocycles. The molecule has 0 spiro atoms. The quantitative estimate of drug-likeness (QED) is 0.780. The van der Waals surface area contributed by atoms with Crippen LogP contribution < -0.4 is 10.1 Å². The number of hydrogen-bond acceptors (Lipinski definition) is 3. The first kappa shape index (κ1) is 16.0. The van der Waals surface area contributed by atoms with Crippen molar-refractivity contribution < 1.29 is 9.47 Å². The van der Waals surface area contributed by atoms with E-state index in [-0.39, 0.29) is 12.1 Å². The van der Waals surface area contributed by atoms with Crippen LogP contribution in [0.4, 0.5) is 0 Å². The molecule has 0 radical (unpaired) electrons. The molecule has 19 heavy (non-hydrogen) atoms. The van der Waals surface area contributed by atoms with Crippen LogP contribution in [-0.4, -0.2) is 26.9 Å². The fourth-order valence-electron chi connectivity index (χ4n) is 2.19. The van der Waals surface area contributed by atoms with Crippen molar-refractivity contribution in [3.63, 3.8) is 0 Å². The Bertz CT molecular complexity index is 379. The van der Waals surface area contributed by atoms with Crippen LogP contribution in [-0.2, 0) is 4.74 Å². The Hall–Kier alpha value is -1.06. The standard InChI is InChI=1S/C16H27NO2/c1-6-9-17-15(11-13(3)18-4)14-10-12(2)7-8-16(14)19-5/h7-8,10,13,15,17H,6,9,11H2,1-5H3. The minimum atomic E-state index is 0.222. The predicted molar refractivity (Wildman–Crippen MR) is 79.9 cm³/mol. The molecule has 3 nitrogen and oxygen atoms in total. The molecule has 0 saturated heterocycles. The highest BCUT2D eigenvalue weighted by atomic mass is 16.5. The predicted octanol–water partition coefficient (Wildman–Crippen LogP) is 3.47. The molecule has 3 heteroatoms. The molecule has 2 atom stereocenters. The molecule has 108 valence electrons. The van der Waals surface area contributed by atoms with Crippen LogP contribution in [0.25, 0.3) is 0 Å². The summed E-state index contributed by atoms with van der Waals surface area (Å²) in [6, 6.07) is 6.60. The van der Waals surface area contributed by atoms with Crippen molar-refractivity contribution in [1.29, 1.82) is 0 Å². The Morgan fingerprint density at radius 1 is 1.26 bits per heavy atom. The van der Waals surface area contributed by atoms with Gasteiger partial charge in [0.2, 0.25) is 0 Å². The molecule has 0 bridgehead atoms. The van der Waals surface area contributed by atoms with Gasteiger partial charge in [-0.3, -0.25) is 0 Å². The number of hydrogen-bond donors (Lipinski definition) is 1. The molecule has 0 aliphatic carbocycles. The average molecular weight is 265 g/mol. The van der Waals surface area contributed by atoms with E-state index in [9.17, 15) is 0 Å². The Morgan fingerprint density at radius 3 is 2.58 bits per heavy atom. The van der Waals surface area contributed by atoms with E-state index in [1.54, 1.807) is 14.2 Å². The second kappa shape index (κ2) is 8.18. The summed E-state index contributed by atoms with van der Waals surface area (Å²) in [5.74, 6) is 0.947. The maximum absolute atomic E-state index is 5.50. The summed E-state index contributed by atoms with van der Waals surface area (Å²) in [5, 5.41) is 3.59. The molecule has 0 saturated carbocycles. The Kier molecular flexibility index (Phi) is 6.89. The van der Waals surface area contributed by atoms with Crippen molar-refractivity contribution in [2.24, 2.45) is 0 Å². The van der Waals surface area contributed by atoms with Gasteiger partial charge in [0.15, 0.2) is 0 Å². The zero-order chi connectivity index (χ0) is 14.3. The van der Waals surface area contributed by atoms with Gasteiger partial charge in [0, 0.05) is 18.7 Å². The molecule has 1 aromatic carbocycles. The van der Waals surface area contributed by atoms with Crippen molar-refractivity contribution in [2.75, 3.05) is 20.8 Å². The minimum absolute atomic E-state index is 0.222. The molecule has 2 unspecified atom stereocenters. The molecule has 1 aromatic rings. The molecule has 0 aliphatic heterocycles. The van der Waals surface area contributed by atoms with Gasteiger partial charge >= 0.3 is 0 Å². The fraction of sp³-hybridized carbons (Fsp3) is 0.625. The fourth-order valence-corrected chi connectivity index (χ4v) is 2.19. The van der Waals surface area contributed by atoms with Crippen molar-refractivity contribution in [3.05, 3.63) is 29.3 Å². The summed E-state index contributed by atoms with van der Waals surface area (Å²) < 4.78 is 10.9. The lowest BCUT2D eigenvalue weighted by molar-refractivity contribution is 0.100. The summed E-state index contributed by atoms with van der Waals surface area (Å²) >= 11 is 0. The molecular formula is C16H27NO2. The maximum atomic E-state index is 5.50. The first-order valence-electron chi connectivity index (χ1n) is 7.03. The van der Waals surface area contributed by atoms with Crippen LogP contribution in [0, 0.1) is 6.92 Å². The van der Waals surface area contributed by atoms with Gasteiger partial charge in [0.25, 0.3) is 0 Å². The number of nitrogens with one attached hydrogen (secondary N) is 1. The SMILES string of the molecule is CCCNC(CC(C)OC)c1cc(C)ccc1OC. The summed E-state index contributed by atoms with van der Waals surface area (Å²) in [5.41, 5.74) is 2.48. The lowest BCUT2D eigenvalue weighted by Crippen LogP contribution is -2.26. The second-order valence-corrected chi connectivity index (χ2v) is 5.03. The van der Waals surface area contributed by atoms with Crippen molar-refractivity contribution in [1.82, 2.24) is 5.32 Å². The maximum Gasteiger partial charge on any atom is 0.123 e. The third kappa shape index (κ3) is 4.84. The van der Waals surface area contributed by atoms with E-state index >= 15 is 0 Å². The minimum Gasteiger partial charge on any atom is -0.496 e. The summed E-state index contributed by atoms with van der Waals surface area (Å²) in [7, 11) is 3.49. The van der Waals surface area contributed by atoms with Gasteiger partial charge in [-0.05, 0) is 39.3 Å². The van der Waals surface area contributed by atoms with E-state index in [0.29, 0.717) is 0 Å². The van der Waals surface area contributed by atoms with Crippen LogP contribution in [0.2, 0.25) is 0 Å². The normalized spacial score (nSPS) is 14.2. The average Bonchev–Trinajstić information content (AvgIpc) is 2.43. The Balaban J connectivity index is 2.97. The molecule has 1 N–H and O–H groups in total. The highest BCUT2D eigenvalue weighted by Crippen LogP contribution is 2.29. The monoisotopic (exact) mass is 265 g/mol. The Labute approximate surface area is 117 Å². The number of aryl methyl sites for hydroxylation is 1. The van der Waals surface area contributed by atoms with E-state index in [0.717, 1.165) is 25.1 Å². The van der Waals surface area contributed by atoms with Crippen molar-refractivity contribution in [2.45, 2.75) is 45.8 Å². The van der Waals surface area contributed by atoms with Gasteiger partial charge in [-0.15, -0.1) is 0 Å². The van der Waals surface area contributed by atoms with Gasteiger partial charge in [0.1, 0.15) is 5.75 Å². The van der Waals surface area contributed by atoms with Gasteiger partial charge in [0.05, 0.1) is 13.2 Å². The number of rotatable bonds is 8. The van der Waals surface area contributed by atoms with Crippen LogP contribution in [0.5, 0.6) is 5.75 Å². The van der Waals surface area contributed by atoms with Crippen LogP contribution >= 0.6 is 0 Å². The number of ether oxygens (including phenoxy) is 2. The number of methoxy groups -OCH3 is 2. The highest BCUT2D eigenvalue weighted by molar-refractivity contribution is 5.39. The van der Waals surface area contributed by atoms with Crippen LogP contribution in [0.15, 0.2) is 18.2 Å². The molecule has 1 rings (SSSR count).